The Balaban J connectivity index is 1.67. The summed E-state index contributed by atoms with van der Waals surface area (Å²) >= 11 is 0. The molecule has 0 aromatic carbocycles. The Kier molecular flexibility index (Phi) is 6.37. The summed E-state index contributed by atoms with van der Waals surface area (Å²) in [6, 6.07) is 4.04. The Hall–Kier alpha value is -3.44. The molecule has 0 radical (unpaired) electrons. The number of nitrogens with one attached hydrogen (secondary N) is 1. The summed E-state index contributed by atoms with van der Waals surface area (Å²) < 4.78 is 0. The maximum atomic E-state index is 12.4. The van der Waals surface area contributed by atoms with Gasteiger partial charge < -0.3 is 15.1 Å². The molecule has 3 aromatic rings. The second-order valence-electron chi connectivity index (χ2n) is 8.68. The van der Waals surface area contributed by atoms with Crippen molar-refractivity contribution in [3.05, 3.63) is 47.7 Å². The normalized spacial score (nSPS) is 18.5. The van der Waals surface area contributed by atoms with E-state index >= 15 is 0 Å². The molecule has 1 aliphatic rings. The van der Waals surface area contributed by atoms with Gasteiger partial charge >= 0.3 is 5.95 Å². The maximum absolute atomic E-state index is 12.4. The van der Waals surface area contributed by atoms with Crippen molar-refractivity contribution in [2.45, 2.75) is 38.6 Å². The zero-order chi connectivity index (χ0) is 22.7. The van der Waals surface area contributed by atoms with Crippen LogP contribution < -0.4 is 5.32 Å². The first kappa shape index (κ1) is 21.8. The predicted molar refractivity (Wildman–Crippen MR) is 125 cm³/mol. The average Bonchev–Trinajstić information content (AvgIpc) is 2.79. The van der Waals surface area contributed by atoms with E-state index < -0.39 is 0 Å². The molecule has 3 aromatic heterocycles. The van der Waals surface area contributed by atoms with Crippen molar-refractivity contribution in [2.24, 2.45) is 5.92 Å². The third kappa shape index (κ3) is 4.73. The largest absolute Gasteiger partial charge is 0.394 e. The standard InChI is InChI=1S/C24H27N7O/c1-15(32)19-13-26-21-10-9-20(17-11-27-24(25-2)28-12-17)30-23(21)22(19)29-18-7-5-16(6-8-18)14-31(3)4/h9-13,16,18H,5-8,14H2,1,3-4H3,(H,26,29). The molecule has 0 spiro atoms. The van der Waals surface area contributed by atoms with E-state index in [0.717, 1.165) is 43.4 Å². The second-order valence-corrected chi connectivity index (χ2v) is 8.68. The Labute approximate surface area is 187 Å². The first-order valence-electron chi connectivity index (χ1n) is 10.9. The van der Waals surface area contributed by atoms with Crippen LogP contribution in [0.25, 0.3) is 27.1 Å². The highest BCUT2D eigenvalue weighted by Crippen LogP contribution is 2.32. The van der Waals surface area contributed by atoms with Crippen LogP contribution in [0.3, 0.4) is 0 Å². The van der Waals surface area contributed by atoms with Crippen LogP contribution in [-0.2, 0) is 0 Å². The highest BCUT2D eigenvalue weighted by Gasteiger charge is 2.24. The maximum Gasteiger partial charge on any atom is 0.371 e. The van der Waals surface area contributed by atoms with Crippen LogP contribution in [0.2, 0.25) is 0 Å². The Bertz CT molecular complexity index is 1160. The number of Topliss-reactive ketones (excluding diaryl/α,β-unsaturated/α-hetero) is 1. The monoisotopic (exact) mass is 429 g/mol. The number of carbonyl (C=O) groups is 1. The molecule has 8 heteroatoms. The van der Waals surface area contributed by atoms with Gasteiger partial charge in [0.2, 0.25) is 0 Å². The SMILES string of the molecule is [C-]#[N+]c1ncc(-c2ccc3ncc(C(C)=O)c(NC4CCC(CN(C)C)CC4)c3n2)cn1. The molecule has 8 nitrogen and oxygen atoms in total. The topological polar surface area (TPSA) is 88.3 Å². The number of carbonyl (C=O) groups excluding carboxylic acids is 1. The minimum absolute atomic E-state index is 0.0415. The van der Waals surface area contributed by atoms with Crippen LogP contribution in [-0.4, -0.2) is 57.3 Å². The van der Waals surface area contributed by atoms with Gasteiger partial charge in [-0.05, 0) is 64.8 Å². The van der Waals surface area contributed by atoms with E-state index in [4.69, 9.17) is 11.6 Å². The van der Waals surface area contributed by atoms with Crippen LogP contribution in [0.1, 0.15) is 43.0 Å². The molecule has 3 heterocycles. The van der Waals surface area contributed by atoms with Crippen LogP contribution >= 0.6 is 0 Å². The number of hydrogen-bond donors (Lipinski definition) is 1. The smallest absolute Gasteiger partial charge is 0.371 e. The van der Waals surface area contributed by atoms with E-state index in [1.54, 1.807) is 25.5 Å². The van der Waals surface area contributed by atoms with E-state index in [0.29, 0.717) is 34.3 Å². The number of ketones is 1. The summed E-state index contributed by atoms with van der Waals surface area (Å²) in [7, 11) is 4.24. The lowest BCUT2D eigenvalue weighted by Gasteiger charge is -2.31. The molecule has 1 aliphatic carbocycles. The van der Waals surface area contributed by atoms with Gasteiger partial charge in [-0.25, -0.2) is 4.98 Å². The molecule has 32 heavy (non-hydrogen) atoms. The fraction of sp³-hybridized carbons (Fsp3) is 0.417. The van der Waals surface area contributed by atoms with Crippen molar-refractivity contribution in [1.82, 2.24) is 24.8 Å². The molecule has 164 valence electrons. The van der Waals surface area contributed by atoms with E-state index in [9.17, 15) is 4.79 Å². The molecule has 0 atom stereocenters. The highest BCUT2D eigenvalue weighted by atomic mass is 16.1. The summed E-state index contributed by atoms with van der Waals surface area (Å²) in [5, 5.41) is 3.64. The van der Waals surface area contributed by atoms with Crippen molar-refractivity contribution in [3.8, 4) is 11.3 Å². The van der Waals surface area contributed by atoms with Crippen molar-refractivity contribution in [3.63, 3.8) is 0 Å². The number of rotatable bonds is 6. The zero-order valence-electron chi connectivity index (χ0n) is 18.7. The van der Waals surface area contributed by atoms with E-state index in [1.165, 1.54) is 0 Å². The summed E-state index contributed by atoms with van der Waals surface area (Å²) in [6.45, 7) is 9.69. The second kappa shape index (κ2) is 9.37. The van der Waals surface area contributed by atoms with E-state index in [2.05, 4.69) is 44.1 Å². The van der Waals surface area contributed by atoms with Crippen molar-refractivity contribution < 1.29 is 4.79 Å². The van der Waals surface area contributed by atoms with Gasteiger partial charge in [-0.15, -0.1) is 6.57 Å². The lowest BCUT2D eigenvalue weighted by atomic mass is 9.85. The molecule has 4 rings (SSSR count). The first-order chi connectivity index (χ1) is 15.4. The van der Waals surface area contributed by atoms with Gasteiger partial charge in [0.25, 0.3) is 0 Å². The molecule has 1 N–H and O–H groups in total. The van der Waals surface area contributed by atoms with Crippen LogP contribution in [0, 0.1) is 12.5 Å². The van der Waals surface area contributed by atoms with Crippen LogP contribution in [0.4, 0.5) is 11.6 Å². The van der Waals surface area contributed by atoms with Gasteiger partial charge in [-0.1, -0.05) is 0 Å². The third-order valence-corrected chi connectivity index (χ3v) is 5.94. The highest BCUT2D eigenvalue weighted by molar-refractivity contribution is 6.06. The summed E-state index contributed by atoms with van der Waals surface area (Å²) in [4.78, 5) is 35.3. The molecule has 0 saturated heterocycles. The number of fused-ring (bicyclic) bond motifs is 1. The molecule has 1 fully saturated rings. The molecule has 0 bridgehead atoms. The van der Waals surface area contributed by atoms with Crippen molar-refractivity contribution >= 4 is 28.5 Å². The number of anilines is 1. The number of hydrogen-bond acceptors (Lipinski definition) is 7. The third-order valence-electron chi connectivity index (χ3n) is 5.94. The number of pyridine rings is 2. The minimum Gasteiger partial charge on any atom is -0.394 e. The van der Waals surface area contributed by atoms with Crippen molar-refractivity contribution in [1.29, 1.82) is 0 Å². The van der Waals surface area contributed by atoms with Gasteiger partial charge in [-0.3, -0.25) is 9.78 Å². The lowest BCUT2D eigenvalue weighted by molar-refractivity contribution is 0.101. The Morgan fingerprint density at radius 1 is 1.12 bits per heavy atom. The van der Waals surface area contributed by atoms with E-state index in [1.807, 2.05) is 12.1 Å². The van der Waals surface area contributed by atoms with Gasteiger partial charge in [0, 0.05) is 18.8 Å². The summed E-state index contributed by atoms with van der Waals surface area (Å²) in [6.07, 6.45) is 9.28. The predicted octanol–water partition coefficient (Wildman–Crippen LogP) is 4.37. The van der Waals surface area contributed by atoms with Crippen molar-refractivity contribution in [2.75, 3.05) is 26.0 Å². The fourth-order valence-electron chi connectivity index (χ4n) is 4.36. The molecule has 0 amide bonds. The molecular weight excluding hydrogens is 402 g/mol. The number of aromatic nitrogens is 4. The zero-order valence-corrected chi connectivity index (χ0v) is 18.7. The number of nitrogens with zero attached hydrogens (tertiary/aromatic N) is 6. The van der Waals surface area contributed by atoms with Gasteiger partial charge in [0.1, 0.15) is 5.52 Å². The van der Waals surface area contributed by atoms with Gasteiger partial charge in [0.05, 0.1) is 40.4 Å². The van der Waals surface area contributed by atoms with E-state index in [-0.39, 0.29) is 11.7 Å². The quantitative estimate of drug-likeness (QED) is 0.460. The Morgan fingerprint density at radius 3 is 2.47 bits per heavy atom. The van der Waals surface area contributed by atoms with Crippen LogP contribution in [0.5, 0.6) is 0 Å². The van der Waals surface area contributed by atoms with Crippen LogP contribution in [0.15, 0.2) is 30.7 Å². The average molecular weight is 430 g/mol. The molecular formula is C24H27N7O. The molecule has 1 saturated carbocycles. The lowest BCUT2D eigenvalue weighted by Crippen LogP contribution is -2.31. The molecule has 0 unspecified atom stereocenters. The van der Waals surface area contributed by atoms with Gasteiger partial charge in [-0.2, -0.15) is 9.97 Å². The fourth-order valence-corrected chi connectivity index (χ4v) is 4.36. The minimum atomic E-state index is -0.0415. The van der Waals surface area contributed by atoms with Gasteiger partial charge in [0.15, 0.2) is 5.78 Å². The first-order valence-corrected chi connectivity index (χ1v) is 10.9. The summed E-state index contributed by atoms with van der Waals surface area (Å²) in [5.74, 6) is 0.773. The molecule has 0 aliphatic heterocycles. The Morgan fingerprint density at radius 2 is 1.84 bits per heavy atom. The summed E-state index contributed by atoms with van der Waals surface area (Å²) in [5.41, 5.74) is 4.08.